The molecule has 0 aromatic heterocycles. The first-order valence-electron chi connectivity index (χ1n) is 9.50. The summed E-state index contributed by atoms with van der Waals surface area (Å²) in [5, 5.41) is 0. The number of ether oxygens (including phenoxy) is 1. The molecule has 0 radical (unpaired) electrons. The highest BCUT2D eigenvalue weighted by Gasteiger charge is 2.12. The first kappa shape index (κ1) is 20.8. The fraction of sp³-hybridized carbons (Fsp3) is 0.348. The second-order valence-electron chi connectivity index (χ2n) is 6.54. The lowest BCUT2D eigenvalue weighted by atomic mass is 10.1. The van der Waals surface area contributed by atoms with E-state index in [9.17, 15) is 13.6 Å². The van der Waals surface area contributed by atoms with Gasteiger partial charge < -0.3 is 4.74 Å². The minimum Gasteiger partial charge on any atom is -0.423 e. The first-order valence-corrected chi connectivity index (χ1v) is 9.50. The number of benzene rings is 2. The van der Waals surface area contributed by atoms with Crippen molar-refractivity contribution in [2.75, 3.05) is 0 Å². The monoisotopic (exact) mass is 372 g/mol. The van der Waals surface area contributed by atoms with Crippen LogP contribution >= 0.6 is 0 Å². The summed E-state index contributed by atoms with van der Waals surface area (Å²) in [4.78, 5) is 12.2. The summed E-state index contributed by atoms with van der Waals surface area (Å²) in [6, 6.07) is 13.1. The van der Waals surface area contributed by atoms with Crippen molar-refractivity contribution in [3.05, 3.63) is 71.0 Å². The molecular formula is C23H26F2O2. The van der Waals surface area contributed by atoms with Crippen LogP contribution < -0.4 is 4.74 Å². The average Bonchev–Trinajstić information content (AvgIpc) is 2.69. The van der Waals surface area contributed by atoms with Crippen LogP contribution in [0.5, 0.6) is 5.75 Å². The van der Waals surface area contributed by atoms with Gasteiger partial charge in [0.25, 0.3) is 0 Å². The molecule has 0 saturated heterocycles. The Morgan fingerprint density at radius 1 is 0.852 bits per heavy atom. The molecule has 0 bridgehead atoms. The zero-order chi connectivity index (χ0) is 19.6. The van der Waals surface area contributed by atoms with Crippen LogP contribution in [0.25, 0.3) is 5.83 Å². The minimum absolute atomic E-state index is 0.0596. The van der Waals surface area contributed by atoms with Gasteiger partial charge >= 0.3 is 5.97 Å². The summed E-state index contributed by atoms with van der Waals surface area (Å²) in [6.45, 7) is 3.95. The Kier molecular flexibility index (Phi) is 8.18. The number of allylic oxidation sites excluding steroid dienone is 1. The predicted octanol–water partition coefficient (Wildman–Crippen LogP) is 7.05. The van der Waals surface area contributed by atoms with Crippen LogP contribution in [-0.2, 0) is 6.42 Å². The van der Waals surface area contributed by atoms with Crippen LogP contribution in [-0.4, -0.2) is 5.97 Å². The highest BCUT2D eigenvalue weighted by Crippen LogP contribution is 2.25. The van der Waals surface area contributed by atoms with Gasteiger partial charge in [0.05, 0.1) is 5.56 Å². The van der Waals surface area contributed by atoms with Crippen molar-refractivity contribution in [3.8, 4) is 5.75 Å². The maximum absolute atomic E-state index is 13.9. The Labute approximate surface area is 159 Å². The molecule has 2 aromatic carbocycles. The molecule has 0 spiro atoms. The number of unbranched alkanes of at least 4 members (excludes halogenated alkanes) is 2. The van der Waals surface area contributed by atoms with E-state index in [1.165, 1.54) is 42.7 Å². The summed E-state index contributed by atoms with van der Waals surface area (Å²) in [6.07, 6.45) is 5.12. The Morgan fingerprint density at radius 3 is 2.07 bits per heavy atom. The molecule has 0 fully saturated rings. The van der Waals surface area contributed by atoms with E-state index in [1.807, 2.05) is 12.1 Å². The second-order valence-corrected chi connectivity index (χ2v) is 6.54. The molecule has 2 nitrogen and oxygen atoms in total. The molecule has 2 aromatic rings. The van der Waals surface area contributed by atoms with E-state index in [0.29, 0.717) is 12.2 Å². The number of rotatable bonds is 9. The Balaban J connectivity index is 1.98. The van der Waals surface area contributed by atoms with Crippen LogP contribution in [0.4, 0.5) is 8.78 Å². The van der Waals surface area contributed by atoms with Crippen molar-refractivity contribution in [3.63, 3.8) is 0 Å². The third kappa shape index (κ3) is 6.31. The zero-order valence-electron chi connectivity index (χ0n) is 15.9. The third-order valence-corrected chi connectivity index (χ3v) is 4.28. The summed E-state index contributed by atoms with van der Waals surface area (Å²) in [5.41, 5.74) is 1.62. The summed E-state index contributed by atoms with van der Waals surface area (Å²) in [5.74, 6) is -1.72. The fourth-order valence-corrected chi connectivity index (χ4v) is 2.71. The van der Waals surface area contributed by atoms with E-state index >= 15 is 0 Å². The number of carbonyl (C=O) groups is 1. The molecule has 0 unspecified atom stereocenters. The average molecular weight is 372 g/mol. The molecule has 0 heterocycles. The van der Waals surface area contributed by atoms with E-state index < -0.39 is 17.6 Å². The molecule has 0 aliphatic heterocycles. The first-order chi connectivity index (χ1) is 13.0. The summed E-state index contributed by atoms with van der Waals surface area (Å²) in [7, 11) is 0. The minimum atomic E-state index is -0.879. The molecular weight excluding hydrogens is 346 g/mol. The Morgan fingerprint density at radius 2 is 1.48 bits per heavy atom. The van der Waals surface area contributed by atoms with Gasteiger partial charge in [-0.3, -0.25) is 0 Å². The summed E-state index contributed by atoms with van der Waals surface area (Å²) >= 11 is 0. The van der Waals surface area contributed by atoms with Gasteiger partial charge in [0.15, 0.2) is 5.83 Å². The number of esters is 1. The molecule has 4 heteroatoms. The largest absolute Gasteiger partial charge is 0.423 e. The highest BCUT2D eigenvalue weighted by molar-refractivity contribution is 5.91. The van der Waals surface area contributed by atoms with Crippen LogP contribution in [0.1, 0.15) is 67.4 Å². The lowest BCUT2D eigenvalue weighted by Crippen LogP contribution is -2.08. The topological polar surface area (TPSA) is 26.3 Å². The maximum atomic E-state index is 13.9. The molecule has 0 saturated carbocycles. The number of hydrogen-bond acceptors (Lipinski definition) is 2. The normalized spacial score (nSPS) is 11.9. The molecule has 0 N–H and O–H groups in total. The number of carbonyl (C=O) groups excluding carboxylic acids is 1. The van der Waals surface area contributed by atoms with Gasteiger partial charge in [-0.15, -0.1) is 0 Å². The maximum Gasteiger partial charge on any atom is 0.343 e. The van der Waals surface area contributed by atoms with Crippen LogP contribution in [0.2, 0.25) is 0 Å². The van der Waals surface area contributed by atoms with Crippen LogP contribution in [0.3, 0.4) is 0 Å². The Hall–Kier alpha value is -2.49. The van der Waals surface area contributed by atoms with Crippen molar-refractivity contribution in [1.82, 2.24) is 0 Å². The van der Waals surface area contributed by atoms with Crippen molar-refractivity contribution in [2.45, 2.75) is 52.4 Å². The van der Waals surface area contributed by atoms with E-state index in [0.717, 1.165) is 12.8 Å². The van der Waals surface area contributed by atoms with E-state index in [4.69, 9.17) is 4.74 Å². The van der Waals surface area contributed by atoms with Gasteiger partial charge in [0.2, 0.25) is 0 Å². The standard InChI is InChI=1S/C23H26F2O2/c1-3-5-6-8-17-9-15-20(16-10-17)27-23(26)19-13-11-18(12-14-19)22(25)21(24)7-4-2/h9-16H,3-8H2,1-2H3/b22-21+. The van der Waals surface area contributed by atoms with Crippen molar-refractivity contribution < 1.29 is 18.3 Å². The molecule has 144 valence electrons. The van der Waals surface area contributed by atoms with E-state index in [1.54, 1.807) is 19.1 Å². The molecule has 0 amide bonds. The molecule has 27 heavy (non-hydrogen) atoms. The molecule has 0 aliphatic carbocycles. The quantitative estimate of drug-likeness (QED) is 0.268. The number of halogens is 2. The van der Waals surface area contributed by atoms with Crippen LogP contribution in [0.15, 0.2) is 54.4 Å². The molecule has 0 atom stereocenters. The van der Waals surface area contributed by atoms with E-state index in [-0.39, 0.29) is 17.5 Å². The fourth-order valence-electron chi connectivity index (χ4n) is 2.71. The third-order valence-electron chi connectivity index (χ3n) is 4.28. The van der Waals surface area contributed by atoms with Crippen molar-refractivity contribution in [2.24, 2.45) is 0 Å². The Bertz CT molecular complexity index is 762. The zero-order valence-corrected chi connectivity index (χ0v) is 15.9. The van der Waals surface area contributed by atoms with Crippen molar-refractivity contribution in [1.29, 1.82) is 0 Å². The van der Waals surface area contributed by atoms with Gasteiger partial charge in [-0.2, -0.15) is 0 Å². The van der Waals surface area contributed by atoms with Gasteiger partial charge in [-0.05, 0) is 49.1 Å². The lowest BCUT2D eigenvalue weighted by Gasteiger charge is -2.07. The van der Waals surface area contributed by atoms with Gasteiger partial charge in [-0.1, -0.05) is 51.0 Å². The second kappa shape index (κ2) is 10.6. The highest BCUT2D eigenvalue weighted by atomic mass is 19.2. The smallest absolute Gasteiger partial charge is 0.343 e. The molecule has 2 rings (SSSR count). The molecule has 0 aliphatic rings. The van der Waals surface area contributed by atoms with Gasteiger partial charge in [0.1, 0.15) is 11.6 Å². The SMILES string of the molecule is CCCCCc1ccc(OC(=O)c2ccc(/C(F)=C(\F)CCC)cc2)cc1. The number of hydrogen-bond donors (Lipinski definition) is 0. The van der Waals surface area contributed by atoms with Crippen molar-refractivity contribution >= 4 is 11.8 Å². The van der Waals surface area contributed by atoms with Crippen LogP contribution in [0, 0.1) is 0 Å². The lowest BCUT2D eigenvalue weighted by molar-refractivity contribution is 0.0734. The van der Waals surface area contributed by atoms with Gasteiger partial charge in [0, 0.05) is 12.0 Å². The summed E-state index contributed by atoms with van der Waals surface area (Å²) < 4.78 is 32.9. The number of aryl methyl sites for hydroxylation is 1. The predicted molar refractivity (Wildman–Crippen MR) is 105 cm³/mol. The van der Waals surface area contributed by atoms with E-state index in [2.05, 4.69) is 6.92 Å². The van der Waals surface area contributed by atoms with Gasteiger partial charge in [-0.25, -0.2) is 13.6 Å².